The maximum atomic E-state index is 12.4. The Labute approximate surface area is 140 Å². The zero-order valence-corrected chi connectivity index (χ0v) is 14.2. The minimum atomic E-state index is -0.960. The second-order valence-corrected chi connectivity index (χ2v) is 7.04. The summed E-state index contributed by atoms with van der Waals surface area (Å²) < 4.78 is 5.22. The van der Waals surface area contributed by atoms with Crippen LogP contribution in [0.5, 0.6) is 0 Å². The van der Waals surface area contributed by atoms with Gasteiger partial charge in [-0.3, -0.25) is 14.4 Å². The molecule has 2 N–H and O–H groups in total. The molecule has 0 aliphatic carbocycles. The summed E-state index contributed by atoms with van der Waals surface area (Å²) in [7, 11) is 0. The van der Waals surface area contributed by atoms with Gasteiger partial charge in [0.25, 0.3) is 0 Å². The topological polar surface area (TPSA) is 95.9 Å². The Kier molecular flexibility index (Phi) is 6.29. The van der Waals surface area contributed by atoms with Crippen LogP contribution in [0.3, 0.4) is 0 Å². The molecule has 0 aromatic heterocycles. The number of aliphatic carboxylic acids is 1. The highest BCUT2D eigenvalue weighted by Gasteiger charge is 2.42. The second kappa shape index (κ2) is 8.01. The number of thioether (sulfide) groups is 1. The van der Waals surface area contributed by atoms with Crippen molar-refractivity contribution >= 4 is 29.5 Å². The molecular formula is C15H24N2O5S. The van der Waals surface area contributed by atoms with E-state index in [9.17, 15) is 19.5 Å². The van der Waals surface area contributed by atoms with Crippen molar-refractivity contribution in [3.63, 3.8) is 0 Å². The summed E-state index contributed by atoms with van der Waals surface area (Å²) in [5.41, 5.74) is -0.960. The van der Waals surface area contributed by atoms with E-state index in [0.717, 1.165) is 6.42 Å². The largest absolute Gasteiger partial charge is 0.481 e. The van der Waals surface area contributed by atoms with Crippen molar-refractivity contribution in [2.24, 2.45) is 5.41 Å². The number of rotatable bonds is 6. The molecule has 2 heterocycles. The van der Waals surface area contributed by atoms with Gasteiger partial charge in [0.15, 0.2) is 0 Å². The molecule has 2 fully saturated rings. The van der Waals surface area contributed by atoms with Crippen LogP contribution in [-0.2, 0) is 19.1 Å². The number of hydrogen-bond donors (Lipinski definition) is 2. The van der Waals surface area contributed by atoms with E-state index in [0.29, 0.717) is 44.1 Å². The Bertz CT molecular complexity index is 465. The predicted octanol–water partition coefficient (Wildman–Crippen LogP) is 0.686. The first-order valence-corrected chi connectivity index (χ1v) is 9.12. The van der Waals surface area contributed by atoms with Gasteiger partial charge in [0.1, 0.15) is 6.04 Å². The number of nitrogens with one attached hydrogen (secondary N) is 1. The maximum absolute atomic E-state index is 12.4. The molecule has 8 heteroatoms. The summed E-state index contributed by atoms with van der Waals surface area (Å²) in [6.45, 7) is 2.80. The first kappa shape index (κ1) is 18.1. The average Bonchev–Trinajstić information content (AvgIpc) is 3.03. The van der Waals surface area contributed by atoms with E-state index in [1.807, 2.05) is 6.92 Å². The smallest absolute Gasteiger partial charge is 0.311 e. The lowest BCUT2D eigenvalue weighted by Gasteiger charge is -2.33. The molecule has 2 aliphatic heterocycles. The van der Waals surface area contributed by atoms with Crippen molar-refractivity contribution in [3.8, 4) is 0 Å². The van der Waals surface area contributed by atoms with Gasteiger partial charge in [-0.25, -0.2) is 0 Å². The highest BCUT2D eigenvalue weighted by Crippen LogP contribution is 2.30. The minimum absolute atomic E-state index is 0.0170. The molecule has 2 rings (SSSR count). The Morgan fingerprint density at radius 2 is 2.04 bits per heavy atom. The highest BCUT2D eigenvalue weighted by atomic mass is 32.2. The van der Waals surface area contributed by atoms with Gasteiger partial charge in [-0.1, -0.05) is 6.92 Å². The maximum Gasteiger partial charge on any atom is 0.311 e. The molecular weight excluding hydrogens is 320 g/mol. The van der Waals surface area contributed by atoms with Crippen LogP contribution in [0.2, 0.25) is 0 Å². The zero-order valence-electron chi connectivity index (χ0n) is 13.4. The van der Waals surface area contributed by atoms with Crippen molar-refractivity contribution in [3.05, 3.63) is 0 Å². The van der Waals surface area contributed by atoms with Gasteiger partial charge in [0.05, 0.1) is 11.3 Å². The first-order chi connectivity index (χ1) is 11.0. The summed E-state index contributed by atoms with van der Waals surface area (Å²) in [6.07, 6.45) is 1.96. The van der Waals surface area contributed by atoms with Gasteiger partial charge in [0.2, 0.25) is 11.8 Å². The van der Waals surface area contributed by atoms with Crippen LogP contribution in [0.1, 0.15) is 32.6 Å². The number of amides is 2. The summed E-state index contributed by atoms with van der Waals surface area (Å²) in [4.78, 5) is 37.7. The number of carboxylic acid groups (broad SMARTS) is 1. The summed E-state index contributed by atoms with van der Waals surface area (Å²) in [5, 5.41) is 12.3. The number of carboxylic acids is 1. The van der Waals surface area contributed by atoms with Crippen molar-refractivity contribution in [1.82, 2.24) is 10.2 Å². The van der Waals surface area contributed by atoms with Gasteiger partial charge in [-0.2, -0.15) is 0 Å². The van der Waals surface area contributed by atoms with E-state index >= 15 is 0 Å². The van der Waals surface area contributed by atoms with Crippen LogP contribution in [-0.4, -0.2) is 65.2 Å². The molecule has 0 radical (unpaired) electrons. The molecule has 1 atom stereocenters. The van der Waals surface area contributed by atoms with Crippen LogP contribution in [0.25, 0.3) is 0 Å². The number of carbonyl (C=O) groups is 3. The molecule has 0 bridgehead atoms. The first-order valence-electron chi connectivity index (χ1n) is 7.96. The van der Waals surface area contributed by atoms with Gasteiger partial charge >= 0.3 is 5.97 Å². The molecule has 23 heavy (non-hydrogen) atoms. The lowest BCUT2D eigenvalue weighted by atomic mass is 9.80. The van der Waals surface area contributed by atoms with E-state index in [4.69, 9.17) is 4.74 Å². The SMILES string of the molecule is CCCC(=O)N1CSCC1C(=O)NCC1(C(=O)O)CCOCC1. The third-order valence-corrected chi connectivity index (χ3v) is 5.49. The lowest BCUT2D eigenvalue weighted by molar-refractivity contribution is -0.155. The summed E-state index contributed by atoms with van der Waals surface area (Å²) >= 11 is 1.55. The fraction of sp³-hybridized carbons (Fsp3) is 0.800. The Balaban J connectivity index is 1.95. The van der Waals surface area contributed by atoms with Gasteiger partial charge in [0, 0.05) is 31.9 Å². The molecule has 130 valence electrons. The minimum Gasteiger partial charge on any atom is -0.481 e. The normalized spacial score (nSPS) is 23.5. The fourth-order valence-electron chi connectivity index (χ4n) is 2.87. The van der Waals surface area contributed by atoms with Crippen molar-refractivity contribution < 1.29 is 24.2 Å². The van der Waals surface area contributed by atoms with E-state index in [2.05, 4.69) is 5.32 Å². The van der Waals surface area contributed by atoms with Crippen molar-refractivity contribution in [1.29, 1.82) is 0 Å². The van der Waals surface area contributed by atoms with Crippen LogP contribution < -0.4 is 5.32 Å². The molecule has 0 spiro atoms. The van der Waals surface area contributed by atoms with Crippen LogP contribution in [0, 0.1) is 5.41 Å². The molecule has 7 nitrogen and oxygen atoms in total. The van der Waals surface area contributed by atoms with Crippen LogP contribution in [0.4, 0.5) is 0 Å². The number of carbonyl (C=O) groups excluding carboxylic acids is 2. The van der Waals surface area contributed by atoms with Gasteiger partial charge in [-0.15, -0.1) is 11.8 Å². The molecule has 2 amide bonds. The quantitative estimate of drug-likeness (QED) is 0.736. The fourth-order valence-corrected chi connectivity index (χ4v) is 4.05. The van der Waals surface area contributed by atoms with Gasteiger partial charge in [-0.05, 0) is 19.3 Å². The van der Waals surface area contributed by atoms with E-state index in [1.54, 1.807) is 16.7 Å². The van der Waals surface area contributed by atoms with Gasteiger partial charge < -0.3 is 20.1 Å². The second-order valence-electron chi connectivity index (χ2n) is 6.04. The van der Waals surface area contributed by atoms with Crippen molar-refractivity contribution in [2.75, 3.05) is 31.4 Å². The molecule has 2 saturated heterocycles. The van der Waals surface area contributed by atoms with E-state index < -0.39 is 17.4 Å². The molecule has 0 aromatic rings. The Morgan fingerprint density at radius 3 is 2.65 bits per heavy atom. The molecule has 0 aromatic carbocycles. The Hall–Kier alpha value is -1.28. The van der Waals surface area contributed by atoms with E-state index in [1.165, 1.54) is 0 Å². The lowest BCUT2D eigenvalue weighted by Crippen LogP contribution is -2.52. The third kappa shape index (κ3) is 4.17. The number of ether oxygens (including phenoxy) is 1. The van der Waals surface area contributed by atoms with Crippen molar-refractivity contribution in [2.45, 2.75) is 38.6 Å². The number of nitrogens with zero attached hydrogens (tertiary/aromatic N) is 1. The standard InChI is InChI=1S/C15H24N2O5S/c1-2-3-12(18)17-10-23-8-11(17)13(19)16-9-15(14(20)21)4-6-22-7-5-15/h11H,2-10H2,1H3,(H,16,19)(H,20,21). The summed E-state index contributed by atoms with van der Waals surface area (Å²) in [6, 6.07) is -0.496. The molecule has 0 saturated carbocycles. The Morgan fingerprint density at radius 1 is 1.35 bits per heavy atom. The monoisotopic (exact) mass is 344 g/mol. The van der Waals surface area contributed by atoms with Crippen LogP contribution in [0.15, 0.2) is 0 Å². The zero-order chi connectivity index (χ0) is 16.9. The van der Waals surface area contributed by atoms with Crippen LogP contribution >= 0.6 is 11.8 Å². The molecule has 2 aliphatic rings. The predicted molar refractivity (Wildman–Crippen MR) is 86.0 cm³/mol. The third-order valence-electron chi connectivity index (χ3n) is 4.47. The molecule has 1 unspecified atom stereocenters. The average molecular weight is 344 g/mol. The number of hydrogen-bond acceptors (Lipinski definition) is 5. The summed E-state index contributed by atoms with van der Waals surface area (Å²) in [5.74, 6) is -0.0942. The highest BCUT2D eigenvalue weighted by molar-refractivity contribution is 7.99. The van der Waals surface area contributed by atoms with E-state index in [-0.39, 0.29) is 18.4 Å².